The third-order valence-corrected chi connectivity index (χ3v) is 2.97. The smallest absolute Gasteiger partial charge is 0.133 e. The maximum absolute atomic E-state index is 5.15. The Morgan fingerprint density at radius 2 is 1.50 bits per heavy atom. The van der Waals surface area contributed by atoms with Gasteiger partial charge in [-0.3, -0.25) is 9.97 Å². The van der Waals surface area contributed by atoms with Crippen LogP contribution < -0.4 is 0 Å². The first-order chi connectivity index (χ1) is 8.75. The maximum Gasteiger partial charge on any atom is 0.133 e. The van der Waals surface area contributed by atoms with E-state index in [2.05, 4.69) is 22.6 Å². The Morgan fingerprint density at radius 1 is 1.00 bits per heavy atom. The highest BCUT2D eigenvalue weighted by atomic mass is 32.1. The van der Waals surface area contributed by atoms with Crippen LogP contribution in [0.25, 0.3) is 0 Å². The minimum atomic E-state index is 0.548. The van der Waals surface area contributed by atoms with Crippen LogP contribution in [0.1, 0.15) is 11.4 Å². The second-order valence-corrected chi connectivity index (χ2v) is 4.89. The Morgan fingerprint density at radius 3 is 1.83 bits per heavy atom. The summed E-state index contributed by atoms with van der Waals surface area (Å²) in [5.74, 6) is 0. The first-order valence-electron chi connectivity index (χ1n) is 5.53. The average Bonchev–Trinajstić information content (AvgIpc) is 2.40. The van der Waals surface area contributed by atoms with Crippen molar-refractivity contribution in [3.63, 3.8) is 0 Å². The Hall–Kier alpha value is -1.46. The molecule has 18 heavy (non-hydrogen) atoms. The van der Waals surface area contributed by atoms with Crippen molar-refractivity contribution in [3.8, 4) is 0 Å². The molecule has 0 aliphatic carbocycles. The van der Waals surface area contributed by atoms with Gasteiger partial charge in [-0.1, -0.05) is 24.4 Å². The molecule has 0 aliphatic rings. The first-order valence-corrected chi connectivity index (χ1v) is 6.39. The molecule has 2 rings (SSSR count). The number of hydrogen-bond donors (Lipinski definition) is 1. The van der Waals surface area contributed by atoms with E-state index in [1.165, 1.54) is 0 Å². The first kappa shape index (κ1) is 13.0. The zero-order valence-electron chi connectivity index (χ0n) is 9.73. The molecule has 0 radical (unpaired) electrons. The van der Waals surface area contributed by atoms with E-state index in [4.69, 9.17) is 12.2 Å². The fraction of sp³-hybridized carbons (Fsp3) is 0.154. The molecule has 0 atom stereocenters. The molecular weight excluding hydrogens is 262 g/mol. The number of hydrogen-bond acceptors (Lipinski definition) is 3. The quantitative estimate of drug-likeness (QED) is 0.686. The zero-order chi connectivity index (χ0) is 12.8. The van der Waals surface area contributed by atoms with Gasteiger partial charge in [0.15, 0.2) is 0 Å². The van der Waals surface area contributed by atoms with Gasteiger partial charge in [0.25, 0.3) is 0 Å². The molecule has 0 saturated heterocycles. The van der Waals surface area contributed by atoms with Crippen LogP contribution in [-0.4, -0.2) is 19.2 Å². The second-order valence-electron chi connectivity index (χ2n) is 3.78. The van der Waals surface area contributed by atoms with Crippen molar-refractivity contribution in [2.45, 2.75) is 13.1 Å². The molecule has 92 valence electrons. The van der Waals surface area contributed by atoms with Gasteiger partial charge in [0, 0.05) is 12.4 Å². The third kappa shape index (κ3) is 3.78. The number of aromatic nitrogens is 2. The largest absolute Gasteiger partial charge is 0.346 e. The van der Waals surface area contributed by atoms with Crippen molar-refractivity contribution in [1.82, 2.24) is 14.9 Å². The molecular formula is C13H13N3S2. The summed E-state index contributed by atoms with van der Waals surface area (Å²) in [7, 11) is 0. The molecule has 2 aromatic rings. The van der Waals surface area contributed by atoms with E-state index >= 15 is 0 Å². The fourth-order valence-electron chi connectivity index (χ4n) is 1.57. The van der Waals surface area contributed by atoms with Gasteiger partial charge in [-0.2, -0.15) is 0 Å². The lowest BCUT2D eigenvalue weighted by atomic mass is 10.3. The highest BCUT2D eigenvalue weighted by Crippen LogP contribution is 2.09. The molecule has 0 aliphatic heterocycles. The molecule has 0 amide bonds. The lowest BCUT2D eigenvalue weighted by Gasteiger charge is -2.21. The van der Waals surface area contributed by atoms with E-state index in [0.717, 1.165) is 11.4 Å². The zero-order valence-corrected chi connectivity index (χ0v) is 11.4. The Balaban J connectivity index is 2.08. The van der Waals surface area contributed by atoms with Crippen LogP contribution in [0.3, 0.4) is 0 Å². The predicted octanol–water partition coefficient (Wildman–Crippen LogP) is 2.69. The molecule has 3 nitrogen and oxygen atoms in total. The third-order valence-electron chi connectivity index (χ3n) is 2.43. The van der Waals surface area contributed by atoms with E-state index in [0.29, 0.717) is 17.4 Å². The monoisotopic (exact) mass is 275 g/mol. The number of thiocarbonyl (C=S) groups is 1. The minimum absolute atomic E-state index is 0.548. The maximum atomic E-state index is 5.15. The van der Waals surface area contributed by atoms with Crippen LogP contribution in [0, 0.1) is 0 Å². The normalized spacial score (nSPS) is 10.1. The molecule has 5 heteroatoms. The summed E-state index contributed by atoms with van der Waals surface area (Å²) >= 11 is 9.41. The lowest BCUT2D eigenvalue weighted by Crippen LogP contribution is -2.25. The predicted molar refractivity (Wildman–Crippen MR) is 79.3 cm³/mol. The van der Waals surface area contributed by atoms with Gasteiger partial charge in [0.2, 0.25) is 0 Å². The second kappa shape index (κ2) is 6.47. The Kier molecular flexibility index (Phi) is 4.66. The summed E-state index contributed by atoms with van der Waals surface area (Å²) in [5, 5.41) is 0. The summed E-state index contributed by atoms with van der Waals surface area (Å²) < 4.78 is 0.548. The van der Waals surface area contributed by atoms with Crippen molar-refractivity contribution in [3.05, 3.63) is 60.2 Å². The van der Waals surface area contributed by atoms with E-state index in [1.807, 2.05) is 41.3 Å². The molecule has 0 fully saturated rings. The minimum Gasteiger partial charge on any atom is -0.346 e. The summed E-state index contributed by atoms with van der Waals surface area (Å²) in [6.07, 6.45) is 3.55. The van der Waals surface area contributed by atoms with Crippen molar-refractivity contribution < 1.29 is 0 Å². The van der Waals surface area contributed by atoms with Gasteiger partial charge in [0.05, 0.1) is 24.5 Å². The standard InChI is InChI=1S/C13H13N3S2/c17-13(18)16(9-11-5-1-3-7-14-11)10-12-6-2-4-8-15-12/h1-8H,9-10H2,(H,17,18). The van der Waals surface area contributed by atoms with Gasteiger partial charge in [-0.15, -0.1) is 12.6 Å². The van der Waals surface area contributed by atoms with E-state index in [9.17, 15) is 0 Å². The molecule has 2 aromatic heterocycles. The SMILES string of the molecule is S=C(S)N(Cc1ccccn1)Cc1ccccn1. The van der Waals surface area contributed by atoms with Crippen molar-refractivity contribution >= 4 is 29.2 Å². The molecule has 0 bridgehead atoms. The van der Waals surface area contributed by atoms with E-state index in [1.54, 1.807) is 12.4 Å². The van der Waals surface area contributed by atoms with Crippen LogP contribution in [0.5, 0.6) is 0 Å². The van der Waals surface area contributed by atoms with Gasteiger partial charge in [0.1, 0.15) is 4.32 Å². The number of rotatable bonds is 4. The molecule has 0 unspecified atom stereocenters. The highest BCUT2D eigenvalue weighted by Gasteiger charge is 2.09. The van der Waals surface area contributed by atoms with Crippen LogP contribution in [0.2, 0.25) is 0 Å². The van der Waals surface area contributed by atoms with Crippen LogP contribution >= 0.6 is 24.8 Å². The molecule has 0 aromatic carbocycles. The summed E-state index contributed by atoms with van der Waals surface area (Å²) in [6.45, 7) is 1.28. The molecule has 0 spiro atoms. The van der Waals surface area contributed by atoms with Gasteiger partial charge in [-0.05, 0) is 24.3 Å². The topological polar surface area (TPSA) is 29.0 Å². The highest BCUT2D eigenvalue weighted by molar-refractivity contribution is 8.10. The molecule has 0 N–H and O–H groups in total. The van der Waals surface area contributed by atoms with Crippen molar-refractivity contribution in [2.75, 3.05) is 0 Å². The number of thiol groups is 1. The Labute approximate surface area is 117 Å². The summed E-state index contributed by atoms with van der Waals surface area (Å²) in [5.41, 5.74) is 1.93. The van der Waals surface area contributed by atoms with Crippen molar-refractivity contribution in [2.24, 2.45) is 0 Å². The van der Waals surface area contributed by atoms with Crippen LogP contribution in [0.15, 0.2) is 48.8 Å². The van der Waals surface area contributed by atoms with Gasteiger partial charge in [-0.25, -0.2) is 0 Å². The lowest BCUT2D eigenvalue weighted by molar-refractivity contribution is 0.410. The van der Waals surface area contributed by atoms with E-state index in [-0.39, 0.29) is 0 Å². The van der Waals surface area contributed by atoms with E-state index < -0.39 is 0 Å². The summed E-state index contributed by atoms with van der Waals surface area (Å²) in [6, 6.07) is 11.7. The Bertz CT molecular complexity index is 461. The molecule has 2 heterocycles. The van der Waals surface area contributed by atoms with Gasteiger partial charge < -0.3 is 4.90 Å². The van der Waals surface area contributed by atoms with Crippen LogP contribution in [0.4, 0.5) is 0 Å². The van der Waals surface area contributed by atoms with Crippen LogP contribution in [-0.2, 0) is 13.1 Å². The molecule has 0 saturated carbocycles. The average molecular weight is 275 g/mol. The van der Waals surface area contributed by atoms with Gasteiger partial charge >= 0.3 is 0 Å². The number of nitrogens with zero attached hydrogens (tertiary/aromatic N) is 3. The fourth-order valence-corrected chi connectivity index (χ4v) is 1.84. The van der Waals surface area contributed by atoms with Crippen molar-refractivity contribution in [1.29, 1.82) is 0 Å². The summed E-state index contributed by atoms with van der Waals surface area (Å²) in [4.78, 5) is 10.5. The number of pyridine rings is 2.